The molecule has 3 aromatic rings. The van der Waals surface area contributed by atoms with Crippen LogP contribution in [0.2, 0.25) is 0 Å². The zero-order valence-electron chi connectivity index (χ0n) is 15.0. The Morgan fingerprint density at radius 1 is 1.14 bits per heavy atom. The lowest BCUT2D eigenvalue weighted by Gasteiger charge is -2.26. The van der Waals surface area contributed by atoms with Crippen molar-refractivity contribution >= 4 is 22.7 Å². The van der Waals surface area contributed by atoms with E-state index in [1.54, 1.807) is 10.3 Å². The van der Waals surface area contributed by atoms with E-state index in [-0.39, 0.29) is 24.2 Å². The van der Waals surface area contributed by atoms with Gasteiger partial charge in [0.05, 0.1) is 23.9 Å². The highest BCUT2D eigenvalue weighted by Gasteiger charge is 2.33. The number of benzene rings is 2. The van der Waals surface area contributed by atoms with Crippen LogP contribution in [-0.2, 0) is 0 Å². The standard InChI is InChI=1S/C21H17F2N3OS/c1-12(13-5-3-2-4-6-13)26-10-18(27)19(20(26)24)21-25-17(11-28-21)14-7-8-15(22)16(23)9-14/h2-9,11-12,24,27H,10H2,1H3/t12-/m1/s1. The normalized spacial score (nSPS) is 15.4. The molecular formula is C21H17F2N3OS. The number of rotatable bonds is 4. The smallest absolute Gasteiger partial charge is 0.159 e. The van der Waals surface area contributed by atoms with Crippen LogP contribution in [0, 0.1) is 17.0 Å². The van der Waals surface area contributed by atoms with Crippen molar-refractivity contribution in [2.24, 2.45) is 0 Å². The Kier molecular flexibility index (Phi) is 4.68. The van der Waals surface area contributed by atoms with Crippen LogP contribution in [0.15, 0.2) is 59.7 Å². The van der Waals surface area contributed by atoms with Crippen LogP contribution in [0.5, 0.6) is 0 Å². The van der Waals surface area contributed by atoms with E-state index in [4.69, 9.17) is 5.41 Å². The van der Waals surface area contributed by atoms with E-state index in [0.29, 0.717) is 21.8 Å². The van der Waals surface area contributed by atoms with E-state index in [0.717, 1.165) is 17.7 Å². The topological polar surface area (TPSA) is 60.2 Å². The number of aliphatic hydroxyl groups excluding tert-OH is 1. The second kappa shape index (κ2) is 7.16. The van der Waals surface area contributed by atoms with Crippen LogP contribution in [0.3, 0.4) is 0 Å². The van der Waals surface area contributed by atoms with Gasteiger partial charge in [0.25, 0.3) is 0 Å². The summed E-state index contributed by atoms with van der Waals surface area (Å²) in [5, 5.41) is 21.2. The largest absolute Gasteiger partial charge is 0.510 e. The van der Waals surface area contributed by atoms with Gasteiger partial charge in [-0.3, -0.25) is 5.41 Å². The molecule has 0 saturated carbocycles. The minimum atomic E-state index is -0.939. The third kappa shape index (κ3) is 3.18. The molecule has 0 radical (unpaired) electrons. The van der Waals surface area contributed by atoms with Crippen molar-refractivity contribution in [2.75, 3.05) is 6.54 Å². The number of hydrogen-bond donors (Lipinski definition) is 2. The van der Waals surface area contributed by atoms with E-state index >= 15 is 0 Å². The summed E-state index contributed by atoms with van der Waals surface area (Å²) in [6, 6.07) is 13.3. The fourth-order valence-corrected chi connectivity index (χ4v) is 4.14. The molecule has 1 aliphatic rings. The van der Waals surface area contributed by atoms with Crippen LogP contribution in [0.1, 0.15) is 23.5 Å². The maximum atomic E-state index is 13.5. The summed E-state index contributed by atoms with van der Waals surface area (Å²) >= 11 is 1.26. The second-order valence-electron chi connectivity index (χ2n) is 6.55. The van der Waals surface area contributed by atoms with Crippen LogP contribution < -0.4 is 0 Å². The zero-order valence-corrected chi connectivity index (χ0v) is 15.8. The molecule has 0 bridgehead atoms. The number of aromatic nitrogens is 1. The van der Waals surface area contributed by atoms with E-state index in [1.807, 2.05) is 37.3 Å². The SMILES string of the molecule is C[C@H](c1ccccc1)N1CC(O)=C(c2nc(-c3ccc(F)c(F)c3)cs2)C1=N. The molecule has 0 spiro atoms. The number of hydrogen-bond acceptors (Lipinski definition) is 4. The molecule has 0 unspecified atom stereocenters. The highest BCUT2D eigenvalue weighted by atomic mass is 32.1. The summed E-state index contributed by atoms with van der Waals surface area (Å²) in [5.41, 5.74) is 2.34. The van der Waals surface area contributed by atoms with Gasteiger partial charge in [-0.2, -0.15) is 0 Å². The third-order valence-corrected chi connectivity index (χ3v) is 5.68. The fourth-order valence-electron chi connectivity index (χ4n) is 3.24. The average Bonchev–Trinajstić information content (AvgIpc) is 3.28. The number of nitrogens with one attached hydrogen (secondary N) is 1. The Morgan fingerprint density at radius 3 is 2.61 bits per heavy atom. The minimum Gasteiger partial charge on any atom is -0.510 e. The van der Waals surface area contributed by atoms with E-state index in [1.165, 1.54) is 17.4 Å². The van der Waals surface area contributed by atoms with Crippen LogP contribution in [0.25, 0.3) is 16.8 Å². The summed E-state index contributed by atoms with van der Waals surface area (Å²) in [5.74, 6) is -1.58. The van der Waals surface area contributed by atoms with Crippen LogP contribution in [0.4, 0.5) is 8.78 Å². The first-order valence-corrected chi connectivity index (χ1v) is 9.57. The Balaban J connectivity index is 1.61. The second-order valence-corrected chi connectivity index (χ2v) is 7.41. The lowest BCUT2D eigenvalue weighted by Crippen LogP contribution is -2.29. The molecular weight excluding hydrogens is 380 g/mol. The van der Waals surface area contributed by atoms with Gasteiger partial charge in [0.1, 0.15) is 16.6 Å². The van der Waals surface area contributed by atoms with Crippen molar-refractivity contribution in [1.29, 1.82) is 5.41 Å². The maximum absolute atomic E-state index is 13.5. The van der Waals surface area contributed by atoms with Gasteiger partial charge >= 0.3 is 0 Å². The molecule has 142 valence electrons. The molecule has 4 rings (SSSR count). The summed E-state index contributed by atoms with van der Waals surface area (Å²) < 4.78 is 26.7. The Bertz CT molecular complexity index is 1080. The predicted octanol–water partition coefficient (Wildman–Crippen LogP) is 5.41. The predicted molar refractivity (Wildman–Crippen MR) is 106 cm³/mol. The van der Waals surface area contributed by atoms with Gasteiger partial charge in [0.2, 0.25) is 0 Å². The number of aliphatic hydroxyl groups is 1. The molecule has 1 aliphatic heterocycles. The summed E-state index contributed by atoms with van der Waals surface area (Å²) in [6.07, 6.45) is 0. The van der Waals surface area contributed by atoms with Crippen molar-refractivity contribution in [3.63, 3.8) is 0 Å². The van der Waals surface area contributed by atoms with Gasteiger partial charge in [-0.1, -0.05) is 30.3 Å². The molecule has 0 aliphatic carbocycles. The number of nitrogens with zero attached hydrogens (tertiary/aromatic N) is 2. The van der Waals surface area contributed by atoms with Crippen LogP contribution in [-0.4, -0.2) is 27.4 Å². The molecule has 7 heteroatoms. The molecule has 0 saturated heterocycles. The zero-order chi connectivity index (χ0) is 19.8. The van der Waals surface area contributed by atoms with Gasteiger partial charge in [0, 0.05) is 10.9 Å². The third-order valence-electron chi connectivity index (χ3n) is 4.82. The first-order valence-electron chi connectivity index (χ1n) is 8.69. The lowest BCUT2D eigenvalue weighted by molar-refractivity contribution is 0.310. The Hall–Kier alpha value is -3.06. The molecule has 4 nitrogen and oxygen atoms in total. The molecule has 2 aromatic carbocycles. The molecule has 0 amide bonds. The van der Waals surface area contributed by atoms with E-state index in [2.05, 4.69) is 4.98 Å². The number of thiazole rings is 1. The maximum Gasteiger partial charge on any atom is 0.159 e. The fraction of sp³-hybridized carbons (Fsp3) is 0.143. The monoisotopic (exact) mass is 397 g/mol. The van der Waals surface area contributed by atoms with Gasteiger partial charge in [-0.05, 0) is 30.7 Å². The van der Waals surface area contributed by atoms with Crippen molar-refractivity contribution in [1.82, 2.24) is 9.88 Å². The van der Waals surface area contributed by atoms with Crippen molar-refractivity contribution in [3.05, 3.63) is 81.9 Å². The Morgan fingerprint density at radius 2 is 1.89 bits per heavy atom. The highest BCUT2D eigenvalue weighted by Crippen LogP contribution is 2.36. The summed E-state index contributed by atoms with van der Waals surface area (Å²) in [6.45, 7) is 2.21. The number of amidine groups is 1. The van der Waals surface area contributed by atoms with Gasteiger partial charge in [-0.15, -0.1) is 11.3 Å². The summed E-state index contributed by atoms with van der Waals surface area (Å²) in [4.78, 5) is 6.25. The molecule has 28 heavy (non-hydrogen) atoms. The van der Waals surface area contributed by atoms with Gasteiger partial charge in [-0.25, -0.2) is 13.8 Å². The van der Waals surface area contributed by atoms with Crippen molar-refractivity contribution < 1.29 is 13.9 Å². The first-order chi connectivity index (χ1) is 13.5. The molecule has 0 fully saturated rings. The van der Waals surface area contributed by atoms with E-state index in [9.17, 15) is 13.9 Å². The van der Waals surface area contributed by atoms with Crippen molar-refractivity contribution in [2.45, 2.75) is 13.0 Å². The van der Waals surface area contributed by atoms with Gasteiger partial charge < -0.3 is 10.0 Å². The molecule has 1 atom stereocenters. The molecule has 1 aromatic heterocycles. The lowest BCUT2D eigenvalue weighted by atomic mass is 10.1. The summed E-state index contributed by atoms with van der Waals surface area (Å²) in [7, 11) is 0. The Labute approximate surface area is 164 Å². The molecule has 2 heterocycles. The van der Waals surface area contributed by atoms with Crippen molar-refractivity contribution in [3.8, 4) is 11.3 Å². The highest BCUT2D eigenvalue weighted by molar-refractivity contribution is 7.11. The minimum absolute atomic E-state index is 0.0824. The van der Waals surface area contributed by atoms with Crippen LogP contribution >= 0.6 is 11.3 Å². The van der Waals surface area contributed by atoms with E-state index < -0.39 is 11.6 Å². The quantitative estimate of drug-likeness (QED) is 0.619. The average molecular weight is 397 g/mol. The number of halogens is 2. The first kappa shape index (κ1) is 18.3. The van der Waals surface area contributed by atoms with Gasteiger partial charge in [0.15, 0.2) is 11.6 Å². The molecule has 2 N–H and O–H groups in total.